The first-order chi connectivity index (χ1) is 9.76. The van der Waals surface area contributed by atoms with Gasteiger partial charge in [0.25, 0.3) is 0 Å². The number of methoxy groups -OCH3 is 1. The summed E-state index contributed by atoms with van der Waals surface area (Å²) in [6.45, 7) is 0.511. The van der Waals surface area contributed by atoms with E-state index in [2.05, 4.69) is 0 Å². The summed E-state index contributed by atoms with van der Waals surface area (Å²) in [6.07, 6.45) is 1.45. The first-order valence-corrected chi connectivity index (χ1v) is 6.68. The molecule has 0 bridgehead atoms. The van der Waals surface area contributed by atoms with Crippen LogP contribution < -0.4 is 9.47 Å². The van der Waals surface area contributed by atoms with Crippen molar-refractivity contribution < 1.29 is 14.3 Å². The Labute approximate surface area is 118 Å². The van der Waals surface area contributed by atoms with Crippen LogP contribution in [0.2, 0.25) is 0 Å². The second-order valence-electron chi connectivity index (χ2n) is 4.88. The van der Waals surface area contributed by atoms with Crippen molar-refractivity contribution in [3.63, 3.8) is 0 Å². The van der Waals surface area contributed by atoms with Crippen molar-refractivity contribution >= 4 is 5.78 Å². The lowest BCUT2D eigenvalue weighted by Gasteiger charge is -2.08. The minimum absolute atomic E-state index is 0.238. The van der Waals surface area contributed by atoms with E-state index in [1.807, 2.05) is 42.5 Å². The molecule has 0 saturated heterocycles. The number of hydrogen-bond donors (Lipinski definition) is 0. The fraction of sp³-hybridized carbons (Fsp3) is 0.235. The minimum Gasteiger partial charge on any atom is -0.497 e. The molecule has 0 atom stereocenters. The van der Waals surface area contributed by atoms with E-state index in [0.29, 0.717) is 13.0 Å². The molecular weight excluding hydrogens is 252 g/mol. The van der Waals surface area contributed by atoms with Gasteiger partial charge in [0.1, 0.15) is 18.1 Å². The van der Waals surface area contributed by atoms with Crippen LogP contribution >= 0.6 is 0 Å². The number of fused-ring (bicyclic) bond motifs is 1. The molecule has 0 heterocycles. The topological polar surface area (TPSA) is 35.5 Å². The summed E-state index contributed by atoms with van der Waals surface area (Å²) in [5, 5.41) is 0. The fourth-order valence-corrected chi connectivity index (χ4v) is 2.41. The Morgan fingerprint density at radius 3 is 2.50 bits per heavy atom. The maximum Gasteiger partial charge on any atom is 0.163 e. The number of ketones is 1. The van der Waals surface area contributed by atoms with Gasteiger partial charge in [-0.25, -0.2) is 0 Å². The van der Waals surface area contributed by atoms with E-state index < -0.39 is 0 Å². The standard InChI is InChI=1S/C17H16O3/c1-19-14-5-2-12(3-6-14)11-20-15-7-8-16-13(10-15)4-9-17(16)18/h2-3,5-8,10H,4,9,11H2,1H3. The number of benzene rings is 2. The van der Waals surface area contributed by atoms with Gasteiger partial charge in [-0.05, 0) is 47.9 Å². The summed E-state index contributed by atoms with van der Waals surface area (Å²) >= 11 is 0. The molecule has 2 aromatic rings. The van der Waals surface area contributed by atoms with Crippen LogP contribution in [0.25, 0.3) is 0 Å². The molecule has 0 fully saturated rings. The maximum absolute atomic E-state index is 11.6. The lowest BCUT2D eigenvalue weighted by Crippen LogP contribution is -1.97. The predicted octanol–water partition coefficient (Wildman–Crippen LogP) is 3.40. The summed E-state index contributed by atoms with van der Waals surface area (Å²) < 4.78 is 10.9. The Bertz CT molecular complexity index is 629. The third-order valence-electron chi connectivity index (χ3n) is 3.56. The Kier molecular flexibility index (Phi) is 3.42. The van der Waals surface area contributed by atoms with Crippen LogP contribution in [0.1, 0.15) is 27.9 Å². The highest BCUT2D eigenvalue weighted by atomic mass is 16.5. The highest BCUT2D eigenvalue weighted by Crippen LogP contribution is 2.26. The SMILES string of the molecule is COc1ccc(COc2ccc3c(c2)CCC3=O)cc1. The average Bonchev–Trinajstić information content (AvgIpc) is 2.87. The van der Waals surface area contributed by atoms with Crippen molar-refractivity contribution in [3.8, 4) is 11.5 Å². The first kappa shape index (κ1) is 12.7. The normalized spacial score (nSPS) is 13.2. The fourth-order valence-electron chi connectivity index (χ4n) is 2.41. The Morgan fingerprint density at radius 1 is 1.00 bits per heavy atom. The first-order valence-electron chi connectivity index (χ1n) is 6.68. The quantitative estimate of drug-likeness (QED) is 0.852. The molecule has 0 saturated carbocycles. The average molecular weight is 268 g/mol. The van der Waals surface area contributed by atoms with Crippen LogP contribution in [0.3, 0.4) is 0 Å². The summed E-state index contributed by atoms with van der Waals surface area (Å²) in [6, 6.07) is 13.5. The number of Topliss-reactive ketones (excluding diaryl/α,β-unsaturated/α-hetero) is 1. The van der Waals surface area contributed by atoms with Crippen molar-refractivity contribution in [2.45, 2.75) is 19.4 Å². The Morgan fingerprint density at radius 2 is 1.75 bits per heavy atom. The molecule has 0 aromatic heterocycles. The molecule has 2 aromatic carbocycles. The van der Waals surface area contributed by atoms with Gasteiger partial charge in [0.05, 0.1) is 7.11 Å². The van der Waals surface area contributed by atoms with E-state index in [1.54, 1.807) is 7.11 Å². The highest BCUT2D eigenvalue weighted by molar-refractivity contribution is 6.00. The van der Waals surface area contributed by atoms with Crippen LogP contribution in [0.15, 0.2) is 42.5 Å². The van der Waals surface area contributed by atoms with Crippen molar-refractivity contribution in [1.82, 2.24) is 0 Å². The predicted molar refractivity (Wildman–Crippen MR) is 76.4 cm³/mol. The lowest BCUT2D eigenvalue weighted by atomic mass is 10.1. The molecule has 1 aliphatic carbocycles. The number of carbonyl (C=O) groups excluding carboxylic acids is 1. The van der Waals surface area contributed by atoms with E-state index in [1.165, 1.54) is 0 Å². The largest absolute Gasteiger partial charge is 0.497 e. The van der Waals surface area contributed by atoms with Crippen LogP contribution in [0.4, 0.5) is 0 Å². The third kappa shape index (κ3) is 2.52. The van der Waals surface area contributed by atoms with Gasteiger partial charge in [0.15, 0.2) is 5.78 Å². The molecular formula is C17H16O3. The van der Waals surface area contributed by atoms with Crippen LogP contribution in [-0.2, 0) is 13.0 Å². The highest BCUT2D eigenvalue weighted by Gasteiger charge is 2.19. The van der Waals surface area contributed by atoms with E-state index in [-0.39, 0.29) is 5.78 Å². The van der Waals surface area contributed by atoms with Gasteiger partial charge in [0, 0.05) is 12.0 Å². The number of carbonyl (C=O) groups is 1. The third-order valence-corrected chi connectivity index (χ3v) is 3.56. The molecule has 0 N–H and O–H groups in total. The van der Waals surface area contributed by atoms with Gasteiger partial charge >= 0.3 is 0 Å². The van der Waals surface area contributed by atoms with Gasteiger partial charge in [-0.15, -0.1) is 0 Å². The summed E-state index contributed by atoms with van der Waals surface area (Å²) in [5.41, 5.74) is 3.03. The van der Waals surface area contributed by atoms with Crippen LogP contribution in [0, 0.1) is 0 Å². The molecule has 0 spiro atoms. The lowest BCUT2D eigenvalue weighted by molar-refractivity contribution is 0.0994. The van der Waals surface area contributed by atoms with E-state index >= 15 is 0 Å². The summed E-state index contributed by atoms with van der Waals surface area (Å²) in [4.78, 5) is 11.6. The zero-order valence-corrected chi connectivity index (χ0v) is 11.4. The monoisotopic (exact) mass is 268 g/mol. The second kappa shape index (κ2) is 5.37. The number of aryl methyl sites for hydroxylation is 1. The van der Waals surface area contributed by atoms with Crippen LogP contribution in [-0.4, -0.2) is 12.9 Å². The smallest absolute Gasteiger partial charge is 0.163 e. The summed E-state index contributed by atoms with van der Waals surface area (Å²) in [7, 11) is 1.65. The minimum atomic E-state index is 0.238. The molecule has 102 valence electrons. The summed E-state index contributed by atoms with van der Waals surface area (Å²) in [5.74, 6) is 1.89. The van der Waals surface area contributed by atoms with E-state index in [0.717, 1.165) is 34.6 Å². The molecule has 0 unspecified atom stereocenters. The van der Waals surface area contributed by atoms with Gasteiger partial charge in [-0.3, -0.25) is 4.79 Å². The van der Waals surface area contributed by atoms with Gasteiger partial charge in [-0.1, -0.05) is 12.1 Å². The zero-order chi connectivity index (χ0) is 13.9. The van der Waals surface area contributed by atoms with Gasteiger partial charge in [-0.2, -0.15) is 0 Å². The van der Waals surface area contributed by atoms with Crippen molar-refractivity contribution in [2.24, 2.45) is 0 Å². The maximum atomic E-state index is 11.6. The molecule has 3 rings (SSSR count). The molecule has 0 radical (unpaired) electrons. The van der Waals surface area contributed by atoms with Crippen molar-refractivity contribution in [1.29, 1.82) is 0 Å². The molecule has 20 heavy (non-hydrogen) atoms. The Balaban J connectivity index is 1.67. The van der Waals surface area contributed by atoms with E-state index in [9.17, 15) is 4.79 Å². The van der Waals surface area contributed by atoms with E-state index in [4.69, 9.17) is 9.47 Å². The van der Waals surface area contributed by atoms with Gasteiger partial charge < -0.3 is 9.47 Å². The molecule has 3 heteroatoms. The van der Waals surface area contributed by atoms with Crippen molar-refractivity contribution in [2.75, 3.05) is 7.11 Å². The molecule has 1 aliphatic rings. The second-order valence-corrected chi connectivity index (χ2v) is 4.88. The number of ether oxygens (including phenoxy) is 2. The zero-order valence-electron chi connectivity index (χ0n) is 11.4. The number of hydrogen-bond acceptors (Lipinski definition) is 3. The molecule has 3 nitrogen and oxygen atoms in total. The number of rotatable bonds is 4. The molecule has 0 amide bonds. The Hall–Kier alpha value is -2.29. The van der Waals surface area contributed by atoms with Gasteiger partial charge in [0.2, 0.25) is 0 Å². The van der Waals surface area contributed by atoms with Crippen molar-refractivity contribution in [3.05, 3.63) is 59.2 Å². The van der Waals surface area contributed by atoms with Crippen LogP contribution in [0.5, 0.6) is 11.5 Å². The molecule has 0 aliphatic heterocycles.